The van der Waals surface area contributed by atoms with Crippen LogP contribution in [0.25, 0.3) is 6.08 Å². The molecule has 0 aromatic heterocycles. The molecule has 0 saturated carbocycles. The lowest BCUT2D eigenvalue weighted by molar-refractivity contribution is -0.113. The molecule has 1 amide bonds. The summed E-state index contributed by atoms with van der Waals surface area (Å²) in [5.74, 6) is 0.676. The highest BCUT2D eigenvalue weighted by molar-refractivity contribution is 8.27. The minimum Gasteiger partial charge on any atom is -0.494 e. The van der Waals surface area contributed by atoms with Crippen molar-refractivity contribution in [1.29, 1.82) is 0 Å². The SMILES string of the molecule is CCOc1ccc(N2C(=O)C(=CC=Cc3ccccc3)SC2=S)cc1. The van der Waals surface area contributed by atoms with Gasteiger partial charge in [0, 0.05) is 0 Å². The van der Waals surface area contributed by atoms with E-state index in [-0.39, 0.29) is 5.91 Å². The fraction of sp³-hybridized carbons (Fsp3) is 0.100. The lowest BCUT2D eigenvalue weighted by Crippen LogP contribution is -2.27. The number of thioether (sulfide) groups is 1. The minimum absolute atomic E-state index is 0.100. The van der Waals surface area contributed by atoms with Gasteiger partial charge in [0.05, 0.1) is 17.2 Å². The molecular weight excluding hydrogens is 350 g/mol. The summed E-state index contributed by atoms with van der Waals surface area (Å²) in [7, 11) is 0. The molecule has 0 bridgehead atoms. The lowest BCUT2D eigenvalue weighted by atomic mass is 10.2. The van der Waals surface area contributed by atoms with Crippen LogP contribution < -0.4 is 9.64 Å². The van der Waals surface area contributed by atoms with Crippen molar-refractivity contribution in [2.45, 2.75) is 6.92 Å². The van der Waals surface area contributed by atoms with Crippen LogP contribution >= 0.6 is 24.0 Å². The second-order valence-electron chi connectivity index (χ2n) is 5.24. The number of rotatable bonds is 5. The van der Waals surface area contributed by atoms with Crippen LogP contribution in [-0.4, -0.2) is 16.8 Å². The highest BCUT2D eigenvalue weighted by Crippen LogP contribution is 2.35. The lowest BCUT2D eigenvalue weighted by Gasteiger charge is -2.15. The first kappa shape index (κ1) is 17.5. The minimum atomic E-state index is -0.100. The molecular formula is C20H17NO2S2. The van der Waals surface area contributed by atoms with Crippen molar-refractivity contribution in [1.82, 2.24) is 0 Å². The zero-order chi connectivity index (χ0) is 17.6. The first-order valence-corrected chi connectivity index (χ1v) is 9.14. The number of hydrogen-bond donors (Lipinski definition) is 0. The van der Waals surface area contributed by atoms with Crippen LogP contribution in [-0.2, 0) is 4.79 Å². The fourth-order valence-electron chi connectivity index (χ4n) is 2.37. The molecule has 2 aromatic carbocycles. The Kier molecular flexibility index (Phi) is 5.68. The van der Waals surface area contributed by atoms with Crippen molar-refractivity contribution in [2.75, 3.05) is 11.5 Å². The summed E-state index contributed by atoms with van der Waals surface area (Å²) in [5, 5.41) is 0. The third kappa shape index (κ3) is 4.18. The molecule has 1 heterocycles. The van der Waals surface area contributed by atoms with Crippen molar-refractivity contribution < 1.29 is 9.53 Å². The Bertz CT molecular complexity index is 827. The predicted octanol–water partition coefficient (Wildman–Crippen LogP) is 5.05. The molecule has 0 atom stereocenters. The van der Waals surface area contributed by atoms with Gasteiger partial charge in [0.15, 0.2) is 4.32 Å². The number of hydrogen-bond acceptors (Lipinski definition) is 4. The van der Waals surface area contributed by atoms with E-state index in [4.69, 9.17) is 17.0 Å². The van der Waals surface area contributed by atoms with Gasteiger partial charge in [0.25, 0.3) is 5.91 Å². The molecule has 3 rings (SSSR count). The van der Waals surface area contributed by atoms with Crippen LogP contribution in [0.5, 0.6) is 5.75 Å². The van der Waals surface area contributed by atoms with Crippen LogP contribution in [0.2, 0.25) is 0 Å². The van der Waals surface area contributed by atoms with Crippen molar-refractivity contribution in [2.24, 2.45) is 0 Å². The van der Waals surface area contributed by atoms with Crippen molar-refractivity contribution in [3.05, 3.63) is 77.2 Å². The number of allylic oxidation sites excluding steroid dienone is 2. The van der Waals surface area contributed by atoms with Gasteiger partial charge < -0.3 is 4.74 Å². The average Bonchev–Trinajstić information content (AvgIpc) is 2.91. The van der Waals surface area contributed by atoms with Gasteiger partial charge in [-0.3, -0.25) is 9.69 Å². The van der Waals surface area contributed by atoms with Crippen LogP contribution in [0.3, 0.4) is 0 Å². The topological polar surface area (TPSA) is 29.5 Å². The second-order valence-corrected chi connectivity index (χ2v) is 6.91. The summed E-state index contributed by atoms with van der Waals surface area (Å²) in [5.41, 5.74) is 1.84. The van der Waals surface area contributed by atoms with Gasteiger partial charge in [-0.2, -0.15) is 0 Å². The van der Waals surface area contributed by atoms with Gasteiger partial charge in [0.1, 0.15) is 5.75 Å². The molecule has 5 heteroatoms. The van der Waals surface area contributed by atoms with E-state index in [1.54, 1.807) is 11.0 Å². The summed E-state index contributed by atoms with van der Waals surface area (Å²) in [6.45, 7) is 2.54. The predicted molar refractivity (Wildman–Crippen MR) is 109 cm³/mol. The molecule has 126 valence electrons. The van der Waals surface area contributed by atoms with E-state index in [0.717, 1.165) is 17.0 Å². The van der Waals surface area contributed by atoms with E-state index >= 15 is 0 Å². The molecule has 1 aliphatic rings. The molecule has 3 nitrogen and oxygen atoms in total. The molecule has 2 aromatic rings. The van der Waals surface area contributed by atoms with E-state index in [1.807, 2.05) is 73.7 Å². The normalized spacial score (nSPS) is 16.2. The van der Waals surface area contributed by atoms with Gasteiger partial charge in [-0.1, -0.05) is 66.5 Å². The monoisotopic (exact) mass is 367 g/mol. The Hall–Kier alpha value is -2.37. The highest BCUT2D eigenvalue weighted by Gasteiger charge is 2.32. The molecule has 25 heavy (non-hydrogen) atoms. The van der Waals surface area contributed by atoms with Crippen LogP contribution in [0, 0.1) is 0 Å². The molecule has 0 unspecified atom stereocenters. The summed E-state index contributed by atoms with van der Waals surface area (Å²) < 4.78 is 5.97. The quantitative estimate of drug-likeness (QED) is 0.546. The Morgan fingerprint density at radius 2 is 1.84 bits per heavy atom. The Labute approximate surface area is 157 Å². The maximum absolute atomic E-state index is 12.7. The summed E-state index contributed by atoms with van der Waals surface area (Å²) >= 11 is 6.69. The zero-order valence-electron chi connectivity index (χ0n) is 13.7. The number of carbonyl (C=O) groups is 1. The molecule has 0 spiro atoms. The first-order chi connectivity index (χ1) is 12.2. The van der Waals surface area contributed by atoms with Crippen molar-refractivity contribution in [3.63, 3.8) is 0 Å². The Balaban J connectivity index is 1.75. The third-order valence-corrected chi connectivity index (χ3v) is 4.86. The van der Waals surface area contributed by atoms with Gasteiger partial charge >= 0.3 is 0 Å². The summed E-state index contributed by atoms with van der Waals surface area (Å²) in [6, 6.07) is 17.3. The van der Waals surface area contributed by atoms with Gasteiger partial charge in [-0.15, -0.1) is 0 Å². The van der Waals surface area contributed by atoms with Gasteiger partial charge in [-0.25, -0.2) is 0 Å². The number of nitrogens with zero attached hydrogens (tertiary/aromatic N) is 1. The second kappa shape index (κ2) is 8.14. The molecule has 0 aliphatic carbocycles. The largest absolute Gasteiger partial charge is 0.494 e. The maximum atomic E-state index is 12.7. The highest BCUT2D eigenvalue weighted by atomic mass is 32.2. The van der Waals surface area contributed by atoms with E-state index in [0.29, 0.717) is 15.8 Å². The summed E-state index contributed by atoms with van der Waals surface area (Å²) in [6.07, 6.45) is 5.64. The van der Waals surface area contributed by atoms with Crippen molar-refractivity contribution >= 4 is 46.0 Å². The van der Waals surface area contributed by atoms with Crippen LogP contribution in [0.1, 0.15) is 12.5 Å². The molecule has 1 fully saturated rings. The van der Waals surface area contributed by atoms with E-state index in [1.165, 1.54) is 11.8 Å². The van der Waals surface area contributed by atoms with E-state index < -0.39 is 0 Å². The number of benzene rings is 2. The number of thiocarbonyl (C=S) groups is 1. The number of carbonyl (C=O) groups excluding carboxylic acids is 1. The molecule has 0 radical (unpaired) electrons. The third-order valence-electron chi connectivity index (χ3n) is 3.54. The number of anilines is 1. The average molecular weight is 367 g/mol. The maximum Gasteiger partial charge on any atom is 0.270 e. The first-order valence-electron chi connectivity index (χ1n) is 7.91. The van der Waals surface area contributed by atoms with Gasteiger partial charge in [-0.05, 0) is 42.8 Å². The standard InChI is InChI=1S/C20H17NO2S2/c1-2-23-17-13-11-16(12-14-17)21-19(22)18(25-20(21)24)10-6-9-15-7-4-3-5-8-15/h3-14H,2H2,1H3. The van der Waals surface area contributed by atoms with E-state index in [9.17, 15) is 4.79 Å². The van der Waals surface area contributed by atoms with Crippen molar-refractivity contribution in [3.8, 4) is 5.75 Å². The molecule has 1 aliphatic heterocycles. The smallest absolute Gasteiger partial charge is 0.270 e. The Morgan fingerprint density at radius 3 is 2.52 bits per heavy atom. The number of amides is 1. The number of ether oxygens (including phenoxy) is 1. The van der Waals surface area contributed by atoms with Gasteiger partial charge in [0.2, 0.25) is 0 Å². The summed E-state index contributed by atoms with van der Waals surface area (Å²) in [4.78, 5) is 14.8. The molecule has 0 N–H and O–H groups in total. The van der Waals surface area contributed by atoms with Crippen LogP contribution in [0.15, 0.2) is 71.7 Å². The van der Waals surface area contributed by atoms with Crippen LogP contribution in [0.4, 0.5) is 5.69 Å². The molecule has 1 saturated heterocycles. The fourth-order valence-corrected chi connectivity index (χ4v) is 3.62. The zero-order valence-corrected chi connectivity index (χ0v) is 15.3. The van der Waals surface area contributed by atoms with E-state index in [2.05, 4.69) is 0 Å². The Morgan fingerprint density at radius 1 is 1.12 bits per heavy atom.